The van der Waals surface area contributed by atoms with Crippen LogP contribution in [0.2, 0.25) is 0 Å². The number of morpholine rings is 1. The summed E-state index contributed by atoms with van der Waals surface area (Å²) in [5.74, 6) is 0.733. The van der Waals surface area contributed by atoms with Crippen molar-refractivity contribution < 1.29 is 4.74 Å². The quantitative estimate of drug-likeness (QED) is 0.899. The minimum Gasteiger partial charge on any atom is -0.375 e. The van der Waals surface area contributed by atoms with Crippen molar-refractivity contribution >= 4 is 16.5 Å². The highest BCUT2D eigenvalue weighted by Gasteiger charge is 2.31. The van der Waals surface area contributed by atoms with E-state index in [2.05, 4.69) is 24.1 Å². The summed E-state index contributed by atoms with van der Waals surface area (Å²) in [6.45, 7) is 9.05. The summed E-state index contributed by atoms with van der Waals surface area (Å²) >= 11 is 1.87. The van der Waals surface area contributed by atoms with Gasteiger partial charge in [0.05, 0.1) is 18.4 Å². The molecular weight excluding hydrogens is 258 g/mol. The largest absolute Gasteiger partial charge is 0.375 e. The third-order valence-corrected chi connectivity index (χ3v) is 4.86. The zero-order chi connectivity index (χ0) is 13.2. The lowest BCUT2D eigenvalue weighted by Crippen LogP contribution is -2.41. The molecule has 0 aromatic carbocycles. The van der Waals surface area contributed by atoms with Crippen LogP contribution in [0.4, 0.5) is 5.13 Å². The number of anilines is 1. The molecule has 1 unspecified atom stereocenters. The van der Waals surface area contributed by atoms with Gasteiger partial charge in [-0.25, -0.2) is 4.98 Å². The topological polar surface area (TPSA) is 37.4 Å². The van der Waals surface area contributed by atoms with E-state index in [9.17, 15) is 0 Å². The van der Waals surface area contributed by atoms with Gasteiger partial charge < -0.3 is 15.0 Å². The van der Waals surface area contributed by atoms with Gasteiger partial charge in [-0.1, -0.05) is 6.92 Å². The van der Waals surface area contributed by atoms with Crippen LogP contribution in [0.15, 0.2) is 0 Å². The molecule has 1 aliphatic carbocycles. The average Bonchev–Trinajstić information content (AvgIpc) is 3.17. The number of nitrogens with one attached hydrogen (secondary N) is 1. The van der Waals surface area contributed by atoms with Gasteiger partial charge in [-0.2, -0.15) is 0 Å². The minimum absolute atomic E-state index is 0.319. The lowest BCUT2D eigenvalue weighted by atomic mass is 10.2. The number of ether oxygens (including phenoxy) is 1. The highest BCUT2D eigenvalue weighted by molar-refractivity contribution is 7.15. The van der Waals surface area contributed by atoms with E-state index in [0.29, 0.717) is 6.10 Å². The first kappa shape index (κ1) is 13.3. The van der Waals surface area contributed by atoms with Crippen LogP contribution in [0.25, 0.3) is 0 Å². The monoisotopic (exact) mass is 281 g/mol. The van der Waals surface area contributed by atoms with Crippen molar-refractivity contribution in [1.29, 1.82) is 0 Å². The molecule has 5 heteroatoms. The molecule has 2 aliphatic rings. The molecule has 2 heterocycles. The third kappa shape index (κ3) is 3.09. The third-order valence-electron chi connectivity index (χ3n) is 3.73. The van der Waals surface area contributed by atoms with Crippen molar-refractivity contribution in [2.24, 2.45) is 0 Å². The molecule has 0 radical (unpaired) electrons. The second-order valence-corrected chi connectivity index (χ2v) is 6.55. The smallest absolute Gasteiger partial charge is 0.186 e. The van der Waals surface area contributed by atoms with Gasteiger partial charge in [-0.05, 0) is 26.3 Å². The Bertz CT molecular complexity index is 430. The summed E-state index contributed by atoms with van der Waals surface area (Å²) in [5.41, 5.74) is 1.36. The SMILES string of the molecule is CCNCc1sc(N2CCOC(C)C2)nc1C1CC1. The van der Waals surface area contributed by atoms with Gasteiger partial charge in [0.15, 0.2) is 5.13 Å². The fourth-order valence-electron chi connectivity index (χ4n) is 2.52. The molecule has 4 nitrogen and oxygen atoms in total. The van der Waals surface area contributed by atoms with Gasteiger partial charge in [0.25, 0.3) is 0 Å². The van der Waals surface area contributed by atoms with Gasteiger partial charge in [0, 0.05) is 30.4 Å². The summed E-state index contributed by atoms with van der Waals surface area (Å²) in [5, 5.41) is 4.64. The number of rotatable bonds is 5. The lowest BCUT2D eigenvalue weighted by Gasteiger charge is -2.30. The summed E-state index contributed by atoms with van der Waals surface area (Å²) < 4.78 is 5.61. The summed E-state index contributed by atoms with van der Waals surface area (Å²) in [6.07, 6.45) is 2.96. The Morgan fingerprint density at radius 3 is 3.00 bits per heavy atom. The van der Waals surface area contributed by atoms with Crippen LogP contribution in [0, 0.1) is 0 Å². The van der Waals surface area contributed by atoms with E-state index >= 15 is 0 Å². The number of hydrogen-bond acceptors (Lipinski definition) is 5. The van der Waals surface area contributed by atoms with Crippen molar-refractivity contribution in [2.75, 3.05) is 31.1 Å². The summed E-state index contributed by atoms with van der Waals surface area (Å²) in [6, 6.07) is 0. The zero-order valence-electron chi connectivity index (χ0n) is 11.8. The van der Waals surface area contributed by atoms with E-state index < -0.39 is 0 Å². The normalized spacial score (nSPS) is 23.9. The molecule has 2 fully saturated rings. The van der Waals surface area contributed by atoms with E-state index in [0.717, 1.165) is 38.7 Å². The van der Waals surface area contributed by atoms with Crippen molar-refractivity contribution in [3.63, 3.8) is 0 Å². The van der Waals surface area contributed by atoms with Gasteiger partial charge in [0.1, 0.15) is 0 Å². The summed E-state index contributed by atoms with van der Waals surface area (Å²) in [4.78, 5) is 8.76. The van der Waals surface area contributed by atoms with Crippen molar-refractivity contribution in [1.82, 2.24) is 10.3 Å². The van der Waals surface area contributed by atoms with Crippen molar-refractivity contribution in [3.8, 4) is 0 Å². The first-order chi connectivity index (χ1) is 9.28. The van der Waals surface area contributed by atoms with E-state index in [-0.39, 0.29) is 0 Å². The van der Waals surface area contributed by atoms with Gasteiger partial charge in [-0.15, -0.1) is 11.3 Å². The van der Waals surface area contributed by atoms with E-state index in [1.807, 2.05) is 11.3 Å². The van der Waals surface area contributed by atoms with E-state index in [1.165, 1.54) is 28.5 Å². The maximum absolute atomic E-state index is 5.61. The average molecular weight is 281 g/mol. The van der Waals surface area contributed by atoms with Crippen LogP contribution in [0.1, 0.15) is 43.2 Å². The molecule has 0 amide bonds. The van der Waals surface area contributed by atoms with Crippen LogP contribution in [0.3, 0.4) is 0 Å². The maximum Gasteiger partial charge on any atom is 0.186 e. The number of thiazole rings is 1. The van der Waals surface area contributed by atoms with Crippen LogP contribution >= 0.6 is 11.3 Å². The molecule has 3 rings (SSSR count). The molecule has 1 aromatic rings. The van der Waals surface area contributed by atoms with Gasteiger partial charge in [-0.3, -0.25) is 0 Å². The van der Waals surface area contributed by atoms with Crippen molar-refractivity contribution in [2.45, 2.75) is 45.3 Å². The van der Waals surface area contributed by atoms with Crippen LogP contribution < -0.4 is 10.2 Å². The highest BCUT2D eigenvalue weighted by Crippen LogP contribution is 2.44. The Hall–Kier alpha value is -0.650. The van der Waals surface area contributed by atoms with Crippen LogP contribution in [-0.4, -0.2) is 37.3 Å². The predicted octanol–water partition coefficient (Wildman–Crippen LogP) is 2.36. The fraction of sp³-hybridized carbons (Fsp3) is 0.786. The molecule has 106 valence electrons. The molecule has 1 aliphatic heterocycles. The second-order valence-electron chi connectivity index (χ2n) is 5.49. The standard InChI is InChI=1S/C14H23N3OS/c1-3-15-8-12-13(11-4-5-11)16-14(19-12)17-6-7-18-10(2)9-17/h10-11,15H,3-9H2,1-2H3. The number of nitrogens with zero attached hydrogens (tertiary/aromatic N) is 2. The van der Waals surface area contributed by atoms with Crippen LogP contribution in [0.5, 0.6) is 0 Å². The minimum atomic E-state index is 0.319. The van der Waals surface area contributed by atoms with E-state index in [1.54, 1.807) is 0 Å². The van der Waals surface area contributed by atoms with Crippen molar-refractivity contribution in [3.05, 3.63) is 10.6 Å². The first-order valence-corrected chi connectivity index (χ1v) is 8.16. The molecule has 1 atom stereocenters. The maximum atomic E-state index is 5.61. The Labute approximate surface area is 119 Å². The Kier molecular flexibility index (Phi) is 4.05. The van der Waals surface area contributed by atoms with E-state index in [4.69, 9.17) is 9.72 Å². The highest BCUT2D eigenvalue weighted by atomic mass is 32.1. The lowest BCUT2D eigenvalue weighted by molar-refractivity contribution is 0.0532. The number of aromatic nitrogens is 1. The molecule has 0 bridgehead atoms. The zero-order valence-corrected chi connectivity index (χ0v) is 12.6. The molecule has 0 spiro atoms. The van der Waals surface area contributed by atoms with Gasteiger partial charge >= 0.3 is 0 Å². The molecule has 1 aromatic heterocycles. The summed E-state index contributed by atoms with van der Waals surface area (Å²) in [7, 11) is 0. The molecule has 19 heavy (non-hydrogen) atoms. The first-order valence-electron chi connectivity index (χ1n) is 7.34. The fourth-order valence-corrected chi connectivity index (χ4v) is 3.67. The number of hydrogen-bond donors (Lipinski definition) is 1. The molecule has 1 saturated carbocycles. The molecular formula is C14H23N3OS. The molecule has 1 N–H and O–H groups in total. The predicted molar refractivity (Wildman–Crippen MR) is 79.1 cm³/mol. The van der Waals surface area contributed by atoms with Gasteiger partial charge in [0.2, 0.25) is 0 Å². The van der Waals surface area contributed by atoms with Crippen LogP contribution in [-0.2, 0) is 11.3 Å². The Morgan fingerprint density at radius 2 is 2.32 bits per heavy atom. The Morgan fingerprint density at radius 1 is 1.47 bits per heavy atom. The second kappa shape index (κ2) is 5.77. The Balaban J connectivity index is 1.77. The molecule has 1 saturated heterocycles.